The summed E-state index contributed by atoms with van der Waals surface area (Å²) < 4.78 is 0. The van der Waals surface area contributed by atoms with Crippen molar-refractivity contribution in [3.63, 3.8) is 0 Å². The van der Waals surface area contributed by atoms with Crippen molar-refractivity contribution in [1.29, 1.82) is 0 Å². The summed E-state index contributed by atoms with van der Waals surface area (Å²) in [5.74, 6) is 0.683. The fourth-order valence-corrected chi connectivity index (χ4v) is 1.70. The zero-order valence-corrected chi connectivity index (χ0v) is 10.7. The smallest absolute Gasteiger partial charge is 0.0412 e. The number of hydrogen-bond acceptors (Lipinski definition) is 1. The molecule has 84 valence electrons. The topological polar surface area (TPSA) is 12.9 Å². The molecule has 0 saturated carbocycles. The molecule has 1 rings (SSSR count). The van der Waals surface area contributed by atoms with E-state index in [4.69, 9.17) is 4.98 Å². The Morgan fingerprint density at radius 2 is 1.73 bits per heavy atom. The van der Waals surface area contributed by atoms with Gasteiger partial charge in [-0.05, 0) is 36.3 Å². The molecule has 0 aromatic carbocycles. The molecule has 0 N–H and O–H groups in total. The lowest BCUT2D eigenvalue weighted by Gasteiger charge is -2.17. The Morgan fingerprint density at radius 3 is 2.27 bits per heavy atom. The Balaban J connectivity index is 2.74. The van der Waals surface area contributed by atoms with Crippen LogP contribution in [0, 0.1) is 11.3 Å². The Kier molecular flexibility index (Phi) is 3.90. The summed E-state index contributed by atoms with van der Waals surface area (Å²) in [4.78, 5) is 4.70. The second-order valence-corrected chi connectivity index (χ2v) is 5.96. The van der Waals surface area contributed by atoms with E-state index in [1.807, 2.05) is 0 Å². The normalized spacial score (nSPS) is 12.1. The molecule has 1 aromatic rings. The van der Waals surface area contributed by atoms with E-state index in [0.29, 0.717) is 11.3 Å². The van der Waals surface area contributed by atoms with E-state index in [0.717, 1.165) is 12.8 Å². The van der Waals surface area contributed by atoms with Gasteiger partial charge in [0.15, 0.2) is 0 Å². The summed E-state index contributed by atoms with van der Waals surface area (Å²) in [6.07, 6.45) is 2.14. The van der Waals surface area contributed by atoms with Gasteiger partial charge in [-0.3, -0.25) is 4.98 Å². The van der Waals surface area contributed by atoms with Gasteiger partial charge in [0.1, 0.15) is 0 Å². The van der Waals surface area contributed by atoms with Crippen molar-refractivity contribution in [2.45, 2.75) is 47.5 Å². The molecule has 15 heavy (non-hydrogen) atoms. The van der Waals surface area contributed by atoms with Crippen LogP contribution in [0.15, 0.2) is 18.2 Å². The average molecular weight is 205 g/mol. The van der Waals surface area contributed by atoms with Gasteiger partial charge in [-0.2, -0.15) is 0 Å². The first-order chi connectivity index (χ1) is 6.87. The quantitative estimate of drug-likeness (QED) is 0.730. The maximum atomic E-state index is 4.70. The number of hydrogen-bond donors (Lipinski definition) is 0. The third-order valence-corrected chi connectivity index (χ3v) is 2.19. The van der Waals surface area contributed by atoms with Crippen molar-refractivity contribution in [2.75, 3.05) is 0 Å². The van der Waals surface area contributed by atoms with Crippen LogP contribution >= 0.6 is 0 Å². The van der Waals surface area contributed by atoms with Crippen molar-refractivity contribution >= 4 is 0 Å². The summed E-state index contributed by atoms with van der Waals surface area (Å²) in [6, 6.07) is 6.40. The van der Waals surface area contributed by atoms with Crippen molar-refractivity contribution in [3.8, 4) is 0 Å². The van der Waals surface area contributed by atoms with Crippen LogP contribution in [0.5, 0.6) is 0 Å². The number of pyridine rings is 1. The molecular weight excluding hydrogens is 182 g/mol. The molecule has 0 unspecified atom stereocenters. The minimum absolute atomic E-state index is 0.323. The molecular formula is C14H23N. The molecule has 1 heteroatoms. The maximum absolute atomic E-state index is 4.70. The average Bonchev–Trinajstić information content (AvgIpc) is 1.99. The Hall–Kier alpha value is -0.850. The third-order valence-electron chi connectivity index (χ3n) is 2.19. The molecule has 1 heterocycles. The van der Waals surface area contributed by atoms with Gasteiger partial charge in [-0.1, -0.05) is 40.7 Å². The fourth-order valence-electron chi connectivity index (χ4n) is 1.70. The highest BCUT2D eigenvalue weighted by atomic mass is 14.7. The van der Waals surface area contributed by atoms with E-state index in [9.17, 15) is 0 Å². The highest BCUT2D eigenvalue weighted by Crippen LogP contribution is 2.19. The van der Waals surface area contributed by atoms with Crippen LogP contribution in [0.25, 0.3) is 0 Å². The van der Waals surface area contributed by atoms with E-state index >= 15 is 0 Å². The van der Waals surface area contributed by atoms with E-state index in [2.05, 4.69) is 52.8 Å². The lowest BCUT2D eigenvalue weighted by Crippen LogP contribution is -2.11. The Bertz CT molecular complexity index is 307. The molecule has 0 saturated heterocycles. The van der Waals surface area contributed by atoms with Gasteiger partial charge in [-0.25, -0.2) is 0 Å². The van der Waals surface area contributed by atoms with Crippen LogP contribution in [0.1, 0.15) is 46.0 Å². The number of nitrogens with zero attached hydrogens (tertiary/aromatic N) is 1. The highest BCUT2D eigenvalue weighted by molar-refractivity contribution is 5.12. The lowest BCUT2D eigenvalue weighted by atomic mass is 9.90. The largest absolute Gasteiger partial charge is 0.258 e. The molecule has 0 aliphatic heterocycles. The van der Waals surface area contributed by atoms with Gasteiger partial charge >= 0.3 is 0 Å². The molecule has 0 spiro atoms. The summed E-state index contributed by atoms with van der Waals surface area (Å²) >= 11 is 0. The Morgan fingerprint density at radius 1 is 1.13 bits per heavy atom. The maximum Gasteiger partial charge on any atom is 0.0412 e. The minimum atomic E-state index is 0.323. The molecule has 0 radical (unpaired) electrons. The summed E-state index contributed by atoms with van der Waals surface area (Å²) in [5, 5.41) is 0. The van der Waals surface area contributed by atoms with E-state index in [1.54, 1.807) is 0 Å². The SMILES string of the molecule is CC(C)Cc1cccc(CC(C)(C)C)n1. The third kappa shape index (κ3) is 4.96. The zero-order valence-electron chi connectivity index (χ0n) is 10.7. The monoisotopic (exact) mass is 205 g/mol. The summed E-state index contributed by atoms with van der Waals surface area (Å²) in [6.45, 7) is 11.2. The van der Waals surface area contributed by atoms with Gasteiger partial charge < -0.3 is 0 Å². The molecule has 0 fully saturated rings. The van der Waals surface area contributed by atoms with Crippen LogP contribution < -0.4 is 0 Å². The Labute approximate surface area is 93.9 Å². The molecule has 1 aromatic heterocycles. The fraction of sp³-hybridized carbons (Fsp3) is 0.643. The zero-order chi connectivity index (χ0) is 11.5. The first-order valence-corrected chi connectivity index (χ1v) is 5.81. The van der Waals surface area contributed by atoms with Crippen molar-refractivity contribution in [2.24, 2.45) is 11.3 Å². The van der Waals surface area contributed by atoms with Gasteiger partial charge in [-0.15, -0.1) is 0 Å². The predicted octanol–water partition coefficient (Wildman–Crippen LogP) is 3.87. The van der Waals surface area contributed by atoms with Gasteiger partial charge in [0, 0.05) is 11.4 Å². The van der Waals surface area contributed by atoms with Crippen molar-refractivity contribution in [3.05, 3.63) is 29.6 Å². The van der Waals surface area contributed by atoms with Crippen molar-refractivity contribution < 1.29 is 0 Å². The lowest BCUT2D eigenvalue weighted by molar-refractivity contribution is 0.405. The van der Waals surface area contributed by atoms with Gasteiger partial charge in [0.25, 0.3) is 0 Å². The molecule has 0 amide bonds. The van der Waals surface area contributed by atoms with Crippen LogP contribution in [0.2, 0.25) is 0 Å². The van der Waals surface area contributed by atoms with E-state index in [-0.39, 0.29) is 0 Å². The van der Waals surface area contributed by atoms with Crippen LogP contribution in [0.3, 0.4) is 0 Å². The second-order valence-electron chi connectivity index (χ2n) is 5.96. The number of rotatable bonds is 3. The summed E-state index contributed by atoms with van der Waals surface area (Å²) in [5.41, 5.74) is 2.77. The first-order valence-electron chi connectivity index (χ1n) is 5.81. The van der Waals surface area contributed by atoms with Crippen LogP contribution in [-0.4, -0.2) is 4.98 Å². The van der Waals surface area contributed by atoms with Crippen LogP contribution in [-0.2, 0) is 12.8 Å². The minimum Gasteiger partial charge on any atom is -0.258 e. The van der Waals surface area contributed by atoms with Crippen LogP contribution in [0.4, 0.5) is 0 Å². The molecule has 0 aliphatic carbocycles. The van der Waals surface area contributed by atoms with E-state index < -0.39 is 0 Å². The second kappa shape index (κ2) is 4.78. The standard InChI is InChI=1S/C14H23N/c1-11(2)9-12-7-6-8-13(15-12)10-14(3,4)5/h6-8,11H,9-10H2,1-5H3. The molecule has 1 nitrogen and oxygen atoms in total. The van der Waals surface area contributed by atoms with E-state index in [1.165, 1.54) is 11.4 Å². The molecule has 0 atom stereocenters. The highest BCUT2D eigenvalue weighted by Gasteiger charge is 2.12. The van der Waals surface area contributed by atoms with Gasteiger partial charge in [0.2, 0.25) is 0 Å². The molecule has 0 bridgehead atoms. The van der Waals surface area contributed by atoms with Gasteiger partial charge in [0.05, 0.1) is 0 Å². The first kappa shape index (κ1) is 12.2. The number of aromatic nitrogens is 1. The van der Waals surface area contributed by atoms with Crippen molar-refractivity contribution in [1.82, 2.24) is 4.98 Å². The summed E-state index contributed by atoms with van der Waals surface area (Å²) in [7, 11) is 0. The predicted molar refractivity (Wildman–Crippen MR) is 65.9 cm³/mol. The molecule has 0 aliphatic rings.